The smallest absolute Gasteiger partial charge is 0.405 e. The minimum Gasteiger partial charge on any atom is -0.465 e. The first-order valence-corrected chi connectivity index (χ1v) is 4.17. The van der Waals surface area contributed by atoms with Gasteiger partial charge < -0.3 is 9.15 Å². The molecule has 2 nitrogen and oxygen atoms in total. The number of alkyl halides is 3. The van der Waals surface area contributed by atoms with E-state index in [0.29, 0.717) is 5.76 Å². The van der Waals surface area contributed by atoms with Gasteiger partial charge in [-0.2, -0.15) is 13.2 Å². The highest BCUT2D eigenvalue weighted by molar-refractivity contribution is 5.23. The molecule has 0 atom stereocenters. The number of halogens is 3. The van der Waals surface area contributed by atoms with Crippen LogP contribution in [0.5, 0.6) is 0 Å². The van der Waals surface area contributed by atoms with Gasteiger partial charge >= 0.3 is 6.18 Å². The van der Waals surface area contributed by atoms with Crippen molar-refractivity contribution in [3.63, 3.8) is 0 Å². The second kappa shape index (κ2) is 2.76. The molecule has 0 spiro atoms. The van der Waals surface area contributed by atoms with Crippen LogP contribution in [-0.4, -0.2) is 19.4 Å². The van der Waals surface area contributed by atoms with E-state index >= 15 is 0 Å². The van der Waals surface area contributed by atoms with E-state index in [1.807, 2.05) is 0 Å². The van der Waals surface area contributed by atoms with Crippen molar-refractivity contribution < 1.29 is 22.3 Å². The molecule has 0 aromatic carbocycles. The summed E-state index contributed by atoms with van der Waals surface area (Å²) < 4.78 is 47.8. The zero-order chi connectivity index (χ0) is 10.4. The highest BCUT2D eigenvalue weighted by atomic mass is 19.4. The lowest BCUT2D eigenvalue weighted by Crippen LogP contribution is -2.57. The molecule has 0 N–H and O–H groups in total. The highest BCUT2D eigenvalue weighted by Gasteiger charge is 2.63. The van der Waals surface area contributed by atoms with E-state index in [0.717, 1.165) is 0 Å². The van der Waals surface area contributed by atoms with Crippen molar-refractivity contribution in [1.82, 2.24) is 0 Å². The molecular formula is C9H9F3O2. The summed E-state index contributed by atoms with van der Waals surface area (Å²) in [6, 6.07) is 2.90. The third-order valence-electron chi connectivity index (χ3n) is 2.45. The molecule has 0 aliphatic carbocycles. The van der Waals surface area contributed by atoms with Gasteiger partial charge in [0.05, 0.1) is 13.2 Å². The van der Waals surface area contributed by atoms with Crippen molar-refractivity contribution in [1.29, 1.82) is 0 Å². The molecule has 5 heteroatoms. The Morgan fingerprint density at radius 3 is 2.21 bits per heavy atom. The van der Waals surface area contributed by atoms with Gasteiger partial charge in [0.15, 0.2) is 5.41 Å². The zero-order valence-electron chi connectivity index (χ0n) is 7.52. The molecule has 2 rings (SSSR count). The lowest BCUT2D eigenvalue weighted by molar-refractivity contribution is -0.267. The molecule has 1 fully saturated rings. The topological polar surface area (TPSA) is 22.4 Å². The number of aryl methyl sites for hydroxylation is 1. The Balaban J connectivity index is 2.38. The second-order valence-electron chi connectivity index (χ2n) is 3.48. The van der Waals surface area contributed by atoms with Gasteiger partial charge in [-0.25, -0.2) is 0 Å². The van der Waals surface area contributed by atoms with Crippen LogP contribution < -0.4 is 0 Å². The summed E-state index contributed by atoms with van der Waals surface area (Å²) in [5.74, 6) is 0.435. The van der Waals surface area contributed by atoms with Crippen LogP contribution in [0.15, 0.2) is 16.5 Å². The summed E-state index contributed by atoms with van der Waals surface area (Å²) in [6.07, 6.45) is -4.31. The second-order valence-corrected chi connectivity index (χ2v) is 3.48. The van der Waals surface area contributed by atoms with Crippen LogP contribution in [0.3, 0.4) is 0 Å². The van der Waals surface area contributed by atoms with E-state index in [1.165, 1.54) is 12.1 Å². The van der Waals surface area contributed by atoms with E-state index in [4.69, 9.17) is 4.42 Å². The van der Waals surface area contributed by atoms with Gasteiger partial charge in [0.2, 0.25) is 0 Å². The predicted octanol–water partition coefficient (Wildman–Crippen LogP) is 2.42. The molecule has 0 radical (unpaired) electrons. The van der Waals surface area contributed by atoms with Gasteiger partial charge in [-0.15, -0.1) is 0 Å². The molecule has 0 amide bonds. The van der Waals surface area contributed by atoms with Crippen molar-refractivity contribution in [3.05, 3.63) is 23.7 Å². The summed E-state index contributed by atoms with van der Waals surface area (Å²) >= 11 is 0. The number of hydrogen-bond acceptors (Lipinski definition) is 2. The first-order valence-electron chi connectivity index (χ1n) is 4.17. The van der Waals surface area contributed by atoms with Gasteiger partial charge in [-0.1, -0.05) is 0 Å². The number of furan rings is 1. The fraction of sp³-hybridized carbons (Fsp3) is 0.556. The Labute approximate surface area is 78.7 Å². The quantitative estimate of drug-likeness (QED) is 0.704. The average molecular weight is 206 g/mol. The first kappa shape index (κ1) is 9.58. The normalized spacial score (nSPS) is 20.6. The predicted molar refractivity (Wildman–Crippen MR) is 42.0 cm³/mol. The summed E-state index contributed by atoms with van der Waals surface area (Å²) in [5, 5.41) is 0. The maximum atomic E-state index is 12.7. The summed E-state index contributed by atoms with van der Waals surface area (Å²) in [5.41, 5.74) is -1.92. The fourth-order valence-corrected chi connectivity index (χ4v) is 1.44. The average Bonchev–Trinajstić information content (AvgIpc) is 2.29. The standard InChI is InChI=1S/C9H9F3O2/c1-6-2-3-7(14-6)8(4-13-5-8)9(10,11)12/h2-3H,4-5H2,1H3. The number of ether oxygens (including phenoxy) is 1. The Bertz CT molecular complexity index is 336. The highest BCUT2D eigenvalue weighted by Crippen LogP contribution is 2.46. The minimum absolute atomic E-state index is 0.0475. The molecule has 1 aliphatic rings. The number of rotatable bonds is 1. The third kappa shape index (κ3) is 1.15. The van der Waals surface area contributed by atoms with Gasteiger partial charge in [-0.3, -0.25) is 0 Å². The van der Waals surface area contributed by atoms with Crippen LogP contribution >= 0.6 is 0 Å². The molecule has 78 valence electrons. The van der Waals surface area contributed by atoms with Crippen LogP contribution in [0.4, 0.5) is 13.2 Å². The maximum Gasteiger partial charge on any atom is 0.405 e. The van der Waals surface area contributed by atoms with Crippen molar-refractivity contribution in [2.45, 2.75) is 18.5 Å². The Morgan fingerprint density at radius 2 is 1.93 bits per heavy atom. The van der Waals surface area contributed by atoms with E-state index in [-0.39, 0.29) is 19.0 Å². The SMILES string of the molecule is Cc1ccc(C2(C(F)(F)F)COC2)o1. The van der Waals surface area contributed by atoms with Crippen molar-refractivity contribution >= 4 is 0 Å². The van der Waals surface area contributed by atoms with Crippen LogP contribution in [0.25, 0.3) is 0 Å². The molecule has 0 unspecified atom stereocenters. The van der Waals surface area contributed by atoms with Gasteiger partial charge in [0.1, 0.15) is 11.5 Å². The third-order valence-corrected chi connectivity index (χ3v) is 2.45. The van der Waals surface area contributed by atoms with Crippen molar-refractivity contribution in [3.8, 4) is 0 Å². The van der Waals surface area contributed by atoms with Crippen LogP contribution in [0.2, 0.25) is 0 Å². The molecule has 2 heterocycles. The van der Waals surface area contributed by atoms with Crippen LogP contribution in [-0.2, 0) is 10.2 Å². The van der Waals surface area contributed by atoms with E-state index < -0.39 is 11.6 Å². The van der Waals surface area contributed by atoms with Crippen LogP contribution in [0, 0.1) is 6.92 Å². The molecule has 0 saturated carbocycles. The minimum atomic E-state index is -4.31. The molecule has 0 bridgehead atoms. The van der Waals surface area contributed by atoms with Crippen molar-refractivity contribution in [2.24, 2.45) is 0 Å². The van der Waals surface area contributed by atoms with Gasteiger partial charge in [0.25, 0.3) is 0 Å². The molecular weight excluding hydrogens is 197 g/mol. The first-order chi connectivity index (χ1) is 6.46. The lowest BCUT2D eigenvalue weighted by atomic mass is 9.82. The molecule has 1 saturated heterocycles. The Morgan fingerprint density at radius 1 is 1.29 bits per heavy atom. The van der Waals surface area contributed by atoms with E-state index in [2.05, 4.69) is 4.74 Å². The van der Waals surface area contributed by atoms with E-state index in [9.17, 15) is 13.2 Å². The lowest BCUT2D eigenvalue weighted by Gasteiger charge is -2.40. The van der Waals surface area contributed by atoms with Crippen molar-refractivity contribution in [2.75, 3.05) is 13.2 Å². The number of hydrogen-bond donors (Lipinski definition) is 0. The maximum absolute atomic E-state index is 12.7. The van der Waals surface area contributed by atoms with E-state index in [1.54, 1.807) is 6.92 Å². The Hall–Kier alpha value is -0.970. The van der Waals surface area contributed by atoms with Gasteiger partial charge in [0, 0.05) is 0 Å². The summed E-state index contributed by atoms with van der Waals surface area (Å²) in [6.45, 7) is 0.931. The molecule has 1 aromatic heterocycles. The molecule has 1 aliphatic heterocycles. The van der Waals surface area contributed by atoms with Gasteiger partial charge in [-0.05, 0) is 19.1 Å². The fourth-order valence-electron chi connectivity index (χ4n) is 1.44. The van der Waals surface area contributed by atoms with Crippen LogP contribution in [0.1, 0.15) is 11.5 Å². The molecule has 1 aromatic rings. The Kier molecular flexibility index (Phi) is 1.89. The summed E-state index contributed by atoms with van der Waals surface area (Å²) in [4.78, 5) is 0. The summed E-state index contributed by atoms with van der Waals surface area (Å²) in [7, 11) is 0. The largest absolute Gasteiger partial charge is 0.465 e. The monoisotopic (exact) mass is 206 g/mol. The molecule has 14 heavy (non-hydrogen) atoms. The zero-order valence-corrected chi connectivity index (χ0v) is 7.52.